The lowest BCUT2D eigenvalue weighted by molar-refractivity contribution is 0.252. The molecular formula is C20H39IN6. The molecular weight excluding hydrogens is 451 g/mol. The van der Waals surface area contributed by atoms with Crippen LogP contribution in [-0.2, 0) is 13.6 Å². The van der Waals surface area contributed by atoms with Crippen molar-refractivity contribution in [2.24, 2.45) is 12.0 Å². The molecule has 0 atom stereocenters. The first kappa shape index (κ1) is 24.2. The van der Waals surface area contributed by atoms with Gasteiger partial charge in [0.15, 0.2) is 5.96 Å². The third kappa shape index (κ3) is 7.25. The Hall–Kier alpha value is -0.830. The first-order chi connectivity index (χ1) is 12.4. The topological polar surface area (TPSA) is 48.7 Å². The third-order valence-electron chi connectivity index (χ3n) is 5.25. The third-order valence-corrected chi connectivity index (χ3v) is 5.25. The Morgan fingerprint density at radius 3 is 2.59 bits per heavy atom. The van der Waals surface area contributed by atoms with Crippen molar-refractivity contribution in [2.45, 2.75) is 65.0 Å². The first-order valence-electron chi connectivity index (χ1n) is 10.1. The molecule has 1 aliphatic rings. The van der Waals surface area contributed by atoms with Crippen molar-refractivity contribution < 1.29 is 0 Å². The molecule has 0 aromatic carbocycles. The number of likely N-dealkylation sites (N-methyl/N-ethyl adjacent to an activating group) is 1. The predicted octanol–water partition coefficient (Wildman–Crippen LogP) is 3.43. The van der Waals surface area contributed by atoms with Gasteiger partial charge < -0.3 is 15.1 Å². The van der Waals surface area contributed by atoms with Crippen LogP contribution in [-0.4, -0.2) is 65.3 Å². The molecule has 2 rings (SSSR count). The van der Waals surface area contributed by atoms with E-state index in [1.807, 2.05) is 11.7 Å². The van der Waals surface area contributed by atoms with E-state index < -0.39 is 0 Å². The fraction of sp³-hybridized carbons (Fsp3) is 0.800. The van der Waals surface area contributed by atoms with Gasteiger partial charge in [0.05, 0.1) is 12.2 Å². The standard InChI is InChI=1S/C20H38N6.HI/c1-7-21-20(22-12-13-24(4)18-10-8-9-11-18)25(5)14-17-15-26(6)23-19(17)16(2)3;/h15-16,18H,7-14H2,1-6H3,(H,21,22);1H. The van der Waals surface area contributed by atoms with E-state index in [0.29, 0.717) is 5.92 Å². The number of nitrogens with zero attached hydrogens (tertiary/aromatic N) is 5. The van der Waals surface area contributed by atoms with Gasteiger partial charge in [0.2, 0.25) is 0 Å². The van der Waals surface area contributed by atoms with Gasteiger partial charge in [-0.25, -0.2) is 0 Å². The molecule has 7 heteroatoms. The number of halogens is 1. The normalized spacial score (nSPS) is 15.5. The zero-order valence-corrected chi connectivity index (χ0v) is 20.4. The zero-order chi connectivity index (χ0) is 19.1. The summed E-state index contributed by atoms with van der Waals surface area (Å²) in [5, 5.41) is 8.05. The van der Waals surface area contributed by atoms with Crippen LogP contribution in [0.1, 0.15) is 63.6 Å². The van der Waals surface area contributed by atoms with E-state index >= 15 is 0 Å². The molecule has 0 unspecified atom stereocenters. The van der Waals surface area contributed by atoms with Crippen LogP contribution in [0.15, 0.2) is 11.2 Å². The average molecular weight is 490 g/mol. The fourth-order valence-electron chi connectivity index (χ4n) is 3.80. The van der Waals surface area contributed by atoms with Crippen LogP contribution in [0.2, 0.25) is 0 Å². The van der Waals surface area contributed by atoms with E-state index in [1.165, 1.54) is 36.9 Å². The molecule has 0 radical (unpaired) electrons. The second kappa shape index (κ2) is 11.9. The summed E-state index contributed by atoms with van der Waals surface area (Å²) in [6.07, 6.45) is 7.58. The second-order valence-electron chi connectivity index (χ2n) is 7.88. The SMILES string of the molecule is CCNC(=NCCN(C)C1CCCC1)N(C)Cc1cn(C)nc1C(C)C.I. The fourth-order valence-corrected chi connectivity index (χ4v) is 3.80. The summed E-state index contributed by atoms with van der Waals surface area (Å²) in [5.74, 6) is 1.41. The van der Waals surface area contributed by atoms with E-state index in [9.17, 15) is 0 Å². The predicted molar refractivity (Wildman–Crippen MR) is 125 cm³/mol. The molecule has 1 fully saturated rings. The maximum absolute atomic E-state index is 4.86. The Labute approximate surface area is 182 Å². The van der Waals surface area contributed by atoms with Crippen LogP contribution in [0.25, 0.3) is 0 Å². The van der Waals surface area contributed by atoms with Crippen LogP contribution in [0, 0.1) is 0 Å². The van der Waals surface area contributed by atoms with E-state index in [0.717, 1.165) is 38.2 Å². The Bertz CT molecular complexity index is 577. The van der Waals surface area contributed by atoms with Gasteiger partial charge in [-0.3, -0.25) is 9.67 Å². The number of rotatable bonds is 8. The molecule has 1 aromatic heterocycles. The number of hydrogen-bond acceptors (Lipinski definition) is 3. The maximum Gasteiger partial charge on any atom is 0.194 e. The molecule has 1 heterocycles. The lowest BCUT2D eigenvalue weighted by atomic mass is 10.1. The van der Waals surface area contributed by atoms with Crippen LogP contribution in [0.3, 0.4) is 0 Å². The smallest absolute Gasteiger partial charge is 0.194 e. The zero-order valence-electron chi connectivity index (χ0n) is 18.0. The largest absolute Gasteiger partial charge is 0.357 e. The van der Waals surface area contributed by atoms with Gasteiger partial charge in [-0.15, -0.1) is 24.0 Å². The highest BCUT2D eigenvalue weighted by molar-refractivity contribution is 14.0. The Balaban J connectivity index is 0.00000364. The van der Waals surface area contributed by atoms with Crippen molar-refractivity contribution in [3.63, 3.8) is 0 Å². The van der Waals surface area contributed by atoms with Crippen LogP contribution in [0.5, 0.6) is 0 Å². The highest BCUT2D eigenvalue weighted by Crippen LogP contribution is 2.22. The molecule has 0 amide bonds. The Morgan fingerprint density at radius 2 is 2.00 bits per heavy atom. The molecule has 6 nitrogen and oxygen atoms in total. The molecule has 1 aromatic rings. The van der Waals surface area contributed by atoms with Gasteiger partial charge in [0.1, 0.15) is 0 Å². The summed E-state index contributed by atoms with van der Waals surface area (Å²) in [5.41, 5.74) is 2.45. The minimum absolute atomic E-state index is 0. The van der Waals surface area contributed by atoms with Gasteiger partial charge in [0, 0.05) is 51.5 Å². The Kier molecular flexibility index (Phi) is 10.7. The van der Waals surface area contributed by atoms with Gasteiger partial charge in [-0.05, 0) is 32.7 Å². The van der Waals surface area contributed by atoms with E-state index in [4.69, 9.17) is 4.99 Å². The molecule has 0 aliphatic heterocycles. The minimum atomic E-state index is 0. The van der Waals surface area contributed by atoms with Gasteiger partial charge >= 0.3 is 0 Å². The van der Waals surface area contributed by atoms with Crippen LogP contribution >= 0.6 is 24.0 Å². The van der Waals surface area contributed by atoms with Crippen molar-refractivity contribution in [1.29, 1.82) is 0 Å². The summed E-state index contributed by atoms with van der Waals surface area (Å²) in [6.45, 7) is 10.1. The average Bonchev–Trinajstić information content (AvgIpc) is 3.23. The van der Waals surface area contributed by atoms with Gasteiger partial charge in [0.25, 0.3) is 0 Å². The quantitative estimate of drug-likeness (QED) is 0.345. The number of nitrogens with one attached hydrogen (secondary N) is 1. The summed E-state index contributed by atoms with van der Waals surface area (Å²) < 4.78 is 1.92. The molecule has 1 saturated carbocycles. The van der Waals surface area contributed by atoms with Crippen molar-refractivity contribution in [3.05, 3.63) is 17.5 Å². The molecule has 156 valence electrons. The molecule has 27 heavy (non-hydrogen) atoms. The number of aromatic nitrogens is 2. The molecule has 0 saturated heterocycles. The second-order valence-corrected chi connectivity index (χ2v) is 7.88. The first-order valence-corrected chi connectivity index (χ1v) is 10.1. The number of aliphatic imine (C=N–C) groups is 1. The van der Waals surface area contributed by atoms with Crippen molar-refractivity contribution in [2.75, 3.05) is 33.7 Å². The number of guanidine groups is 1. The van der Waals surface area contributed by atoms with Gasteiger partial charge in [-0.1, -0.05) is 26.7 Å². The lowest BCUT2D eigenvalue weighted by Crippen LogP contribution is -2.39. The maximum atomic E-state index is 4.86. The number of hydrogen-bond donors (Lipinski definition) is 1. The van der Waals surface area contributed by atoms with E-state index in [1.54, 1.807) is 0 Å². The van der Waals surface area contributed by atoms with Crippen molar-refractivity contribution in [1.82, 2.24) is 24.9 Å². The van der Waals surface area contributed by atoms with E-state index in [2.05, 4.69) is 61.3 Å². The monoisotopic (exact) mass is 490 g/mol. The highest BCUT2D eigenvalue weighted by atomic mass is 127. The molecule has 0 spiro atoms. The Morgan fingerprint density at radius 1 is 1.33 bits per heavy atom. The summed E-state index contributed by atoms with van der Waals surface area (Å²) in [7, 11) is 6.35. The van der Waals surface area contributed by atoms with Crippen LogP contribution in [0.4, 0.5) is 0 Å². The summed E-state index contributed by atoms with van der Waals surface area (Å²) in [4.78, 5) is 9.56. The van der Waals surface area contributed by atoms with Crippen LogP contribution < -0.4 is 5.32 Å². The molecule has 0 bridgehead atoms. The highest BCUT2D eigenvalue weighted by Gasteiger charge is 2.19. The van der Waals surface area contributed by atoms with E-state index in [-0.39, 0.29) is 24.0 Å². The molecule has 1 N–H and O–H groups in total. The summed E-state index contributed by atoms with van der Waals surface area (Å²) >= 11 is 0. The minimum Gasteiger partial charge on any atom is -0.357 e. The van der Waals surface area contributed by atoms with Crippen molar-refractivity contribution >= 4 is 29.9 Å². The number of aryl methyl sites for hydroxylation is 1. The van der Waals surface area contributed by atoms with Gasteiger partial charge in [-0.2, -0.15) is 5.10 Å². The summed E-state index contributed by atoms with van der Waals surface area (Å²) in [6, 6.07) is 0.759. The lowest BCUT2D eigenvalue weighted by Gasteiger charge is -2.25. The van der Waals surface area contributed by atoms with Crippen molar-refractivity contribution in [3.8, 4) is 0 Å². The molecule has 1 aliphatic carbocycles.